The van der Waals surface area contributed by atoms with E-state index in [4.69, 9.17) is 4.74 Å². The van der Waals surface area contributed by atoms with Gasteiger partial charge in [0.1, 0.15) is 12.1 Å². The number of nitrogens with one attached hydrogen (secondary N) is 1. The molecule has 0 aliphatic rings. The molecule has 0 spiro atoms. The summed E-state index contributed by atoms with van der Waals surface area (Å²) in [7, 11) is 1.73. The van der Waals surface area contributed by atoms with Crippen LogP contribution < -0.4 is 10.1 Å². The molecular weight excluding hydrogens is 289 g/mol. The van der Waals surface area contributed by atoms with Crippen LogP contribution in [0.25, 0.3) is 0 Å². The summed E-state index contributed by atoms with van der Waals surface area (Å²) >= 11 is 3.25. The standard InChI is InChI=1S/C11H9BrFN3O/c1-14-10-5-11(16-6-15-10)17-9-4-7(12)2-3-8(9)13/h2-6H,1H3,(H,14,15,16). The SMILES string of the molecule is CNc1cc(Oc2cc(Br)ccc2F)ncn1. The molecule has 0 unspecified atom stereocenters. The van der Waals surface area contributed by atoms with Crippen molar-refractivity contribution in [2.24, 2.45) is 0 Å². The summed E-state index contributed by atoms with van der Waals surface area (Å²) in [6.07, 6.45) is 1.34. The summed E-state index contributed by atoms with van der Waals surface area (Å²) in [6, 6.07) is 6.04. The Kier molecular flexibility index (Phi) is 3.53. The molecule has 6 heteroatoms. The molecule has 2 rings (SSSR count). The van der Waals surface area contributed by atoms with Crippen molar-refractivity contribution in [3.63, 3.8) is 0 Å². The molecule has 0 saturated heterocycles. The molecule has 0 radical (unpaired) electrons. The minimum absolute atomic E-state index is 0.111. The van der Waals surface area contributed by atoms with Gasteiger partial charge in [-0.3, -0.25) is 0 Å². The van der Waals surface area contributed by atoms with Crippen LogP contribution in [0, 0.1) is 5.82 Å². The van der Waals surface area contributed by atoms with Gasteiger partial charge in [0.05, 0.1) is 0 Å². The van der Waals surface area contributed by atoms with Gasteiger partial charge >= 0.3 is 0 Å². The quantitative estimate of drug-likeness (QED) is 0.945. The van der Waals surface area contributed by atoms with Crippen LogP contribution in [-0.4, -0.2) is 17.0 Å². The zero-order valence-electron chi connectivity index (χ0n) is 8.95. The van der Waals surface area contributed by atoms with E-state index in [1.807, 2.05) is 0 Å². The number of anilines is 1. The topological polar surface area (TPSA) is 47.0 Å². The number of aromatic nitrogens is 2. The van der Waals surface area contributed by atoms with Crippen molar-refractivity contribution in [2.75, 3.05) is 12.4 Å². The number of halogens is 2. The van der Waals surface area contributed by atoms with Gasteiger partial charge in [0.25, 0.3) is 0 Å². The highest BCUT2D eigenvalue weighted by atomic mass is 79.9. The van der Waals surface area contributed by atoms with Crippen molar-refractivity contribution in [3.8, 4) is 11.6 Å². The average molecular weight is 298 g/mol. The lowest BCUT2D eigenvalue weighted by Gasteiger charge is -2.07. The van der Waals surface area contributed by atoms with E-state index >= 15 is 0 Å². The Morgan fingerprint density at radius 2 is 2.12 bits per heavy atom. The number of ether oxygens (including phenoxy) is 1. The number of hydrogen-bond donors (Lipinski definition) is 1. The molecule has 17 heavy (non-hydrogen) atoms. The number of hydrogen-bond acceptors (Lipinski definition) is 4. The third-order valence-electron chi connectivity index (χ3n) is 2.01. The highest BCUT2D eigenvalue weighted by Gasteiger charge is 2.07. The molecular formula is C11H9BrFN3O. The van der Waals surface area contributed by atoms with Crippen LogP contribution >= 0.6 is 15.9 Å². The maximum atomic E-state index is 13.4. The number of benzene rings is 1. The van der Waals surface area contributed by atoms with Crippen LogP contribution in [0.15, 0.2) is 35.1 Å². The lowest BCUT2D eigenvalue weighted by molar-refractivity contribution is 0.426. The van der Waals surface area contributed by atoms with E-state index in [2.05, 4.69) is 31.2 Å². The van der Waals surface area contributed by atoms with E-state index in [1.165, 1.54) is 18.5 Å². The second-order valence-electron chi connectivity index (χ2n) is 3.17. The molecule has 88 valence electrons. The molecule has 0 atom stereocenters. The molecule has 0 saturated carbocycles. The van der Waals surface area contributed by atoms with Gasteiger partial charge in [-0.1, -0.05) is 15.9 Å². The van der Waals surface area contributed by atoms with Gasteiger partial charge in [-0.05, 0) is 18.2 Å². The lowest BCUT2D eigenvalue weighted by Crippen LogP contribution is -1.96. The van der Waals surface area contributed by atoms with Crippen LogP contribution in [0.2, 0.25) is 0 Å². The Morgan fingerprint density at radius 3 is 2.88 bits per heavy atom. The third kappa shape index (κ3) is 2.91. The van der Waals surface area contributed by atoms with E-state index in [9.17, 15) is 4.39 Å². The average Bonchev–Trinajstić information content (AvgIpc) is 2.34. The lowest BCUT2D eigenvalue weighted by atomic mass is 10.3. The fourth-order valence-electron chi connectivity index (χ4n) is 1.20. The predicted molar refractivity (Wildman–Crippen MR) is 65.8 cm³/mol. The maximum absolute atomic E-state index is 13.4. The summed E-state index contributed by atoms with van der Waals surface area (Å²) in [5, 5.41) is 2.85. The molecule has 4 nitrogen and oxygen atoms in total. The van der Waals surface area contributed by atoms with Crippen LogP contribution in [0.1, 0.15) is 0 Å². The van der Waals surface area contributed by atoms with Crippen molar-refractivity contribution >= 4 is 21.7 Å². The number of nitrogens with zero attached hydrogens (tertiary/aromatic N) is 2. The van der Waals surface area contributed by atoms with Gasteiger partial charge in [-0.15, -0.1) is 0 Å². The summed E-state index contributed by atoms with van der Waals surface area (Å²) in [4.78, 5) is 7.83. The Balaban J connectivity index is 2.27. The Hall–Kier alpha value is -1.69. The minimum atomic E-state index is -0.446. The summed E-state index contributed by atoms with van der Waals surface area (Å²) in [6.45, 7) is 0. The van der Waals surface area contributed by atoms with Crippen LogP contribution in [0.4, 0.5) is 10.2 Å². The monoisotopic (exact) mass is 297 g/mol. The van der Waals surface area contributed by atoms with Crippen molar-refractivity contribution in [3.05, 3.63) is 40.9 Å². The highest BCUT2D eigenvalue weighted by Crippen LogP contribution is 2.26. The van der Waals surface area contributed by atoms with Crippen molar-refractivity contribution in [2.45, 2.75) is 0 Å². The smallest absolute Gasteiger partial charge is 0.224 e. The first-order valence-electron chi connectivity index (χ1n) is 4.82. The predicted octanol–water partition coefficient (Wildman–Crippen LogP) is 3.21. The van der Waals surface area contributed by atoms with Crippen LogP contribution in [0.3, 0.4) is 0 Å². The normalized spacial score (nSPS) is 10.1. The van der Waals surface area contributed by atoms with Gasteiger partial charge in [0, 0.05) is 17.6 Å². The van der Waals surface area contributed by atoms with E-state index in [-0.39, 0.29) is 11.6 Å². The third-order valence-corrected chi connectivity index (χ3v) is 2.50. The van der Waals surface area contributed by atoms with Gasteiger partial charge in [0.15, 0.2) is 11.6 Å². The summed E-state index contributed by atoms with van der Waals surface area (Å²) in [5.41, 5.74) is 0. The largest absolute Gasteiger partial charge is 0.436 e. The summed E-state index contributed by atoms with van der Waals surface area (Å²) < 4.78 is 19.5. The second-order valence-corrected chi connectivity index (χ2v) is 4.08. The molecule has 0 bridgehead atoms. The maximum Gasteiger partial charge on any atom is 0.224 e. The van der Waals surface area contributed by atoms with Crippen LogP contribution in [0.5, 0.6) is 11.6 Å². The molecule has 1 N–H and O–H groups in total. The van der Waals surface area contributed by atoms with Crippen molar-refractivity contribution in [1.82, 2.24) is 9.97 Å². The Labute approximate surface area is 106 Å². The fourth-order valence-corrected chi connectivity index (χ4v) is 1.54. The Bertz CT molecular complexity index is 536. The van der Waals surface area contributed by atoms with Gasteiger partial charge in [-0.25, -0.2) is 14.4 Å². The number of rotatable bonds is 3. The molecule has 2 aromatic rings. The fraction of sp³-hybridized carbons (Fsp3) is 0.0909. The van der Waals surface area contributed by atoms with E-state index in [0.29, 0.717) is 5.82 Å². The zero-order valence-corrected chi connectivity index (χ0v) is 10.5. The van der Waals surface area contributed by atoms with E-state index < -0.39 is 5.82 Å². The molecule has 0 amide bonds. The minimum Gasteiger partial charge on any atom is -0.436 e. The first kappa shape index (κ1) is 11.8. The van der Waals surface area contributed by atoms with E-state index in [0.717, 1.165) is 4.47 Å². The van der Waals surface area contributed by atoms with Gasteiger partial charge < -0.3 is 10.1 Å². The molecule has 0 aliphatic heterocycles. The molecule has 1 heterocycles. The molecule has 1 aromatic carbocycles. The molecule has 0 fully saturated rings. The van der Waals surface area contributed by atoms with E-state index in [1.54, 1.807) is 19.2 Å². The second kappa shape index (κ2) is 5.09. The first-order chi connectivity index (χ1) is 8.19. The Morgan fingerprint density at radius 1 is 1.29 bits per heavy atom. The van der Waals surface area contributed by atoms with Gasteiger partial charge in [0.2, 0.25) is 5.88 Å². The van der Waals surface area contributed by atoms with Crippen LogP contribution in [-0.2, 0) is 0 Å². The molecule has 0 aliphatic carbocycles. The zero-order chi connectivity index (χ0) is 12.3. The summed E-state index contributed by atoms with van der Waals surface area (Å²) in [5.74, 6) is 0.546. The van der Waals surface area contributed by atoms with Crippen molar-refractivity contribution in [1.29, 1.82) is 0 Å². The first-order valence-corrected chi connectivity index (χ1v) is 5.61. The molecule has 1 aromatic heterocycles. The van der Waals surface area contributed by atoms with Crippen molar-refractivity contribution < 1.29 is 9.13 Å². The highest BCUT2D eigenvalue weighted by molar-refractivity contribution is 9.10. The van der Waals surface area contributed by atoms with Gasteiger partial charge in [-0.2, -0.15) is 0 Å².